The molecule has 0 saturated carbocycles. The molecular formula is C28H19FN2O4. The molecule has 1 aliphatic heterocycles. The molecule has 172 valence electrons. The number of carbonyl (C=O) groups excluding carboxylic acids is 3. The number of carbonyl (C=O) groups is 3. The summed E-state index contributed by atoms with van der Waals surface area (Å²) in [4.78, 5) is 38.8. The molecule has 1 saturated heterocycles. The van der Waals surface area contributed by atoms with Gasteiger partial charge >= 0.3 is 6.03 Å². The Hall–Kier alpha value is -4.78. The van der Waals surface area contributed by atoms with E-state index < -0.39 is 23.7 Å². The number of halogens is 1. The Morgan fingerprint density at radius 1 is 0.829 bits per heavy atom. The maximum absolute atomic E-state index is 13.3. The van der Waals surface area contributed by atoms with E-state index in [9.17, 15) is 18.8 Å². The van der Waals surface area contributed by atoms with Gasteiger partial charge in [0.2, 0.25) is 0 Å². The van der Waals surface area contributed by atoms with Gasteiger partial charge in [-0.3, -0.25) is 14.9 Å². The molecule has 0 aliphatic carbocycles. The number of imide groups is 2. The number of benzene rings is 4. The van der Waals surface area contributed by atoms with Crippen molar-refractivity contribution in [2.75, 3.05) is 4.90 Å². The van der Waals surface area contributed by atoms with Gasteiger partial charge in [-0.25, -0.2) is 14.1 Å². The molecule has 5 rings (SSSR count). The molecular weight excluding hydrogens is 447 g/mol. The van der Waals surface area contributed by atoms with Gasteiger partial charge in [-0.15, -0.1) is 0 Å². The van der Waals surface area contributed by atoms with Crippen LogP contribution in [0.5, 0.6) is 5.75 Å². The molecule has 1 heterocycles. The number of anilines is 1. The topological polar surface area (TPSA) is 75.7 Å². The smallest absolute Gasteiger partial charge is 0.335 e. The number of barbiturate groups is 1. The van der Waals surface area contributed by atoms with E-state index in [2.05, 4.69) is 5.32 Å². The lowest BCUT2D eigenvalue weighted by atomic mass is 10.0. The predicted octanol–water partition coefficient (Wildman–Crippen LogP) is 5.22. The van der Waals surface area contributed by atoms with Crippen LogP contribution >= 0.6 is 0 Å². The van der Waals surface area contributed by atoms with Gasteiger partial charge in [0.15, 0.2) is 0 Å². The van der Waals surface area contributed by atoms with Crippen LogP contribution in [0.25, 0.3) is 16.8 Å². The molecule has 4 aromatic carbocycles. The van der Waals surface area contributed by atoms with Crippen molar-refractivity contribution in [2.45, 2.75) is 6.61 Å². The van der Waals surface area contributed by atoms with E-state index >= 15 is 0 Å². The summed E-state index contributed by atoms with van der Waals surface area (Å²) in [7, 11) is 0. The third-order valence-corrected chi connectivity index (χ3v) is 5.67. The number of ether oxygens (including phenoxy) is 1. The second-order valence-corrected chi connectivity index (χ2v) is 7.90. The minimum absolute atomic E-state index is 0.146. The highest BCUT2D eigenvalue weighted by Gasteiger charge is 2.37. The number of para-hydroxylation sites is 1. The van der Waals surface area contributed by atoms with Crippen molar-refractivity contribution < 1.29 is 23.5 Å². The highest BCUT2D eigenvalue weighted by molar-refractivity contribution is 6.39. The normalized spacial score (nSPS) is 14.9. The molecule has 0 bridgehead atoms. The Balaban J connectivity index is 1.45. The number of nitrogens with one attached hydrogen (secondary N) is 1. The van der Waals surface area contributed by atoms with Crippen LogP contribution in [0.2, 0.25) is 0 Å². The Morgan fingerprint density at radius 2 is 1.54 bits per heavy atom. The molecule has 4 aromatic rings. The van der Waals surface area contributed by atoms with Gasteiger partial charge in [-0.05, 0) is 52.7 Å². The highest BCUT2D eigenvalue weighted by atomic mass is 19.1. The average molecular weight is 466 g/mol. The van der Waals surface area contributed by atoms with E-state index in [0.29, 0.717) is 11.3 Å². The SMILES string of the molecule is O=C1NC(=O)N(c2ccc(F)cc2)C(=O)/C1=C/c1ccccc1OCc1cccc2ccccc12. The molecule has 1 aliphatic rings. The molecule has 0 aromatic heterocycles. The number of hydrogen-bond donors (Lipinski definition) is 1. The molecule has 0 unspecified atom stereocenters. The Kier molecular flexibility index (Phi) is 5.81. The van der Waals surface area contributed by atoms with Crippen LogP contribution in [0.1, 0.15) is 11.1 Å². The van der Waals surface area contributed by atoms with E-state index in [1.807, 2.05) is 42.5 Å². The van der Waals surface area contributed by atoms with Gasteiger partial charge in [-0.1, -0.05) is 60.7 Å². The average Bonchev–Trinajstić information content (AvgIpc) is 2.87. The fourth-order valence-electron chi connectivity index (χ4n) is 3.94. The van der Waals surface area contributed by atoms with Crippen LogP contribution in [0.3, 0.4) is 0 Å². The van der Waals surface area contributed by atoms with Crippen LogP contribution in [0.4, 0.5) is 14.9 Å². The minimum atomic E-state index is -0.899. The van der Waals surface area contributed by atoms with Crippen molar-refractivity contribution in [1.82, 2.24) is 5.32 Å². The zero-order valence-corrected chi connectivity index (χ0v) is 18.4. The summed E-state index contributed by atoms with van der Waals surface area (Å²) >= 11 is 0. The first-order chi connectivity index (χ1) is 17.0. The van der Waals surface area contributed by atoms with Crippen molar-refractivity contribution in [3.63, 3.8) is 0 Å². The molecule has 1 N–H and O–H groups in total. The molecule has 0 spiro atoms. The first-order valence-corrected chi connectivity index (χ1v) is 10.9. The largest absolute Gasteiger partial charge is 0.488 e. The fourth-order valence-corrected chi connectivity index (χ4v) is 3.94. The zero-order chi connectivity index (χ0) is 24.4. The van der Waals surface area contributed by atoms with E-state index in [4.69, 9.17) is 4.74 Å². The van der Waals surface area contributed by atoms with Crippen molar-refractivity contribution in [2.24, 2.45) is 0 Å². The predicted molar refractivity (Wildman–Crippen MR) is 130 cm³/mol. The van der Waals surface area contributed by atoms with E-state index in [1.165, 1.54) is 18.2 Å². The lowest BCUT2D eigenvalue weighted by molar-refractivity contribution is -0.122. The zero-order valence-electron chi connectivity index (χ0n) is 18.4. The molecule has 0 radical (unpaired) electrons. The Bertz CT molecular complexity index is 1490. The van der Waals surface area contributed by atoms with Gasteiger partial charge < -0.3 is 4.74 Å². The number of hydrogen-bond acceptors (Lipinski definition) is 4. The molecule has 1 fully saturated rings. The van der Waals surface area contributed by atoms with Crippen LogP contribution in [0.15, 0.2) is 96.6 Å². The highest BCUT2D eigenvalue weighted by Crippen LogP contribution is 2.27. The van der Waals surface area contributed by atoms with Gasteiger partial charge in [-0.2, -0.15) is 0 Å². The van der Waals surface area contributed by atoms with Crippen LogP contribution in [-0.2, 0) is 16.2 Å². The lowest BCUT2D eigenvalue weighted by Crippen LogP contribution is -2.54. The van der Waals surface area contributed by atoms with Crippen LogP contribution < -0.4 is 15.0 Å². The first kappa shape index (κ1) is 22.0. The van der Waals surface area contributed by atoms with Gasteiger partial charge in [0, 0.05) is 5.56 Å². The number of nitrogens with zero attached hydrogens (tertiary/aromatic N) is 1. The quantitative estimate of drug-likeness (QED) is 0.323. The summed E-state index contributed by atoms with van der Waals surface area (Å²) in [6, 6.07) is 24.9. The second-order valence-electron chi connectivity index (χ2n) is 7.90. The van der Waals surface area contributed by atoms with Crippen LogP contribution in [0, 0.1) is 5.82 Å². The maximum Gasteiger partial charge on any atom is 0.335 e. The lowest BCUT2D eigenvalue weighted by Gasteiger charge is -2.26. The minimum Gasteiger partial charge on any atom is -0.488 e. The van der Waals surface area contributed by atoms with Gasteiger partial charge in [0.25, 0.3) is 11.8 Å². The molecule has 7 heteroatoms. The van der Waals surface area contributed by atoms with Crippen molar-refractivity contribution in [1.29, 1.82) is 0 Å². The number of rotatable bonds is 5. The molecule has 6 nitrogen and oxygen atoms in total. The monoisotopic (exact) mass is 466 g/mol. The van der Waals surface area contributed by atoms with Gasteiger partial charge in [0.05, 0.1) is 5.69 Å². The Morgan fingerprint density at radius 3 is 2.37 bits per heavy atom. The van der Waals surface area contributed by atoms with Crippen molar-refractivity contribution >= 4 is 40.4 Å². The van der Waals surface area contributed by atoms with Crippen molar-refractivity contribution in [3.8, 4) is 5.75 Å². The molecule has 0 atom stereocenters. The fraction of sp³-hybridized carbons (Fsp3) is 0.0357. The van der Waals surface area contributed by atoms with E-state index in [-0.39, 0.29) is 17.9 Å². The van der Waals surface area contributed by atoms with E-state index in [0.717, 1.165) is 33.4 Å². The number of fused-ring (bicyclic) bond motifs is 1. The summed E-state index contributed by atoms with van der Waals surface area (Å²) in [6.45, 7) is 0.280. The maximum atomic E-state index is 13.3. The third-order valence-electron chi connectivity index (χ3n) is 5.67. The standard InChI is InChI=1S/C28H19FN2O4/c29-21-12-14-22(15-13-21)31-27(33)24(26(32)30-28(31)34)16-19-7-2-4-11-25(19)35-17-20-9-5-8-18-6-1-3-10-23(18)20/h1-16H,17H2,(H,30,32,34)/b24-16+. The third kappa shape index (κ3) is 4.39. The van der Waals surface area contributed by atoms with Crippen molar-refractivity contribution in [3.05, 3.63) is 114 Å². The molecule has 4 amide bonds. The first-order valence-electron chi connectivity index (χ1n) is 10.9. The van der Waals surface area contributed by atoms with Crippen LogP contribution in [-0.4, -0.2) is 17.8 Å². The number of urea groups is 1. The second kappa shape index (κ2) is 9.23. The molecule has 35 heavy (non-hydrogen) atoms. The van der Waals surface area contributed by atoms with Gasteiger partial charge in [0.1, 0.15) is 23.7 Å². The Labute approximate surface area is 200 Å². The van der Waals surface area contributed by atoms with E-state index in [1.54, 1.807) is 24.3 Å². The summed E-state index contributed by atoms with van der Waals surface area (Å²) in [5.74, 6) is -1.67. The summed E-state index contributed by atoms with van der Waals surface area (Å²) in [5, 5.41) is 4.33. The summed E-state index contributed by atoms with van der Waals surface area (Å²) < 4.78 is 19.4. The summed E-state index contributed by atoms with van der Waals surface area (Å²) in [6.07, 6.45) is 1.39. The number of amides is 4. The summed E-state index contributed by atoms with van der Waals surface area (Å²) in [5.41, 5.74) is 1.40.